The van der Waals surface area contributed by atoms with Crippen molar-refractivity contribution in [3.8, 4) is 17.4 Å². The van der Waals surface area contributed by atoms with Gasteiger partial charge in [-0.3, -0.25) is 0 Å². The first-order chi connectivity index (χ1) is 12.0. The van der Waals surface area contributed by atoms with Gasteiger partial charge in [-0.15, -0.1) is 0 Å². The largest absolute Gasteiger partial charge is 0.491 e. The molecule has 0 atom stereocenters. The van der Waals surface area contributed by atoms with Crippen LogP contribution in [0.15, 0.2) is 53.0 Å². The summed E-state index contributed by atoms with van der Waals surface area (Å²) in [5.41, 5.74) is 1.99. The van der Waals surface area contributed by atoms with Gasteiger partial charge in [0.05, 0.1) is 16.1 Å². The summed E-state index contributed by atoms with van der Waals surface area (Å²) in [5, 5.41) is 4.38. The molecular formula is C20H21BrN2O2. The first-order valence-corrected chi connectivity index (χ1v) is 9.13. The fourth-order valence-corrected chi connectivity index (χ4v) is 2.94. The summed E-state index contributed by atoms with van der Waals surface area (Å²) in [4.78, 5) is 4.58. The molecule has 1 heterocycles. The molecule has 0 aliphatic heterocycles. The summed E-state index contributed by atoms with van der Waals surface area (Å²) in [7, 11) is 0. The van der Waals surface area contributed by atoms with Crippen LogP contribution in [0.5, 0.6) is 17.4 Å². The summed E-state index contributed by atoms with van der Waals surface area (Å²) in [5.74, 6) is 2.06. The lowest BCUT2D eigenvalue weighted by atomic mass is 10.2. The summed E-state index contributed by atoms with van der Waals surface area (Å²) >= 11 is 3.53. The van der Waals surface area contributed by atoms with Gasteiger partial charge in [0.2, 0.25) is 5.88 Å². The Balaban J connectivity index is 1.81. The molecule has 0 saturated heterocycles. The van der Waals surface area contributed by atoms with Crippen molar-refractivity contribution in [2.45, 2.75) is 26.9 Å². The molecule has 3 aromatic rings. The molecule has 2 aromatic carbocycles. The number of nitrogens with one attached hydrogen (secondary N) is 1. The molecule has 4 nitrogen and oxygen atoms in total. The van der Waals surface area contributed by atoms with Gasteiger partial charge in [0.1, 0.15) is 11.5 Å². The summed E-state index contributed by atoms with van der Waals surface area (Å²) in [6.45, 7) is 6.97. The molecule has 25 heavy (non-hydrogen) atoms. The molecule has 3 rings (SSSR count). The molecule has 0 fully saturated rings. The van der Waals surface area contributed by atoms with E-state index >= 15 is 0 Å². The van der Waals surface area contributed by atoms with Crippen molar-refractivity contribution >= 4 is 32.5 Å². The Labute approximate surface area is 156 Å². The minimum atomic E-state index is 0.132. The Morgan fingerprint density at radius 1 is 1.08 bits per heavy atom. The summed E-state index contributed by atoms with van der Waals surface area (Å²) in [6.07, 6.45) is 0.132. The summed E-state index contributed by atoms with van der Waals surface area (Å²) in [6, 6.07) is 15.7. The van der Waals surface area contributed by atoms with Crippen molar-refractivity contribution in [3.05, 3.63) is 53.0 Å². The van der Waals surface area contributed by atoms with Gasteiger partial charge < -0.3 is 14.8 Å². The van der Waals surface area contributed by atoms with E-state index < -0.39 is 0 Å². The van der Waals surface area contributed by atoms with Gasteiger partial charge in [0, 0.05) is 23.7 Å². The maximum atomic E-state index is 5.93. The van der Waals surface area contributed by atoms with E-state index in [1.54, 1.807) is 0 Å². The maximum absolute atomic E-state index is 5.93. The number of pyridine rings is 1. The number of nitrogens with zero attached hydrogens (tertiary/aromatic N) is 1. The lowest BCUT2D eigenvalue weighted by Crippen LogP contribution is -2.05. The van der Waals surface area contributed by atoms with Crippen LogP contribution in [0, 0.1) is 0 Å². The zero-order valence-electron chi connectivity index (χ0n) is 14.5. The number of anilines is 1. The fourth-order valence-electron chi connectivity index (χ4n) is 2.50. The summed E-state index contributed by atoms with van der Waals surface area (Å²) < 4.78 is 12.4. The molecule has 0 spiro atoms. The Kier molecular flexibility index (Phi) is 5.43. The predicted molar refractivity (Wildman–Crippen MR) is 106 cm³/mol. The number of ether oxygens (including phenoxy) is 2. The second kappa shape index (κ2) is 7.74. The Bertz CT molecular complexity index is 881. The van der Waals surface area contributed by atoms with Gasteiger partial charge in [-0.1, -0.05) is 0 Å². The van der Waals surface area contributed by atoms with Crippen LogP contribution >= 0.6 is 15.9 Å². The quantitative estimate of drug-likeness (QED) is 0.550. The highest BCUT2D eigenvalue weighted by Gasteiger charge is 2.08. The molecule has 0 amide bonds. The Hall–Kier alpha value is -2.27. The SMILES string of the molecule is CCNc1ccc2nc(Oc3ccc(OC(C)C)cc3Br)ccc2c1. The number of halogens is 1. The van der Waals surface area contributed by atoms with Gasteiger partial charge in [-0.2, -0.15) is 0 Å². The van der Waals surface area contributed by atoms with Crippen molar-refractivity contribution in [1.82, 2.24) is 4.98 Å². The predicted octanol–water partition coefficient (Wildman–Crippen LogP) is 6.01. The minimum absolute atomic E-state index is 0.132. The third kappa shape index (κ3) is 4.42. The first-order valence-electron chi connectivity index (χ1n) is 8.34. The van der Waals surface area contributed by atoms with Crippen LogP contribution in [0.2, 0.25) is 0 Å². The second-order valence-electron chi connectivity index (χ2n) is 5.95. The zero-order valence-corrected chi connectivity index (χ0v) is 16.1. The van der Waals surface area contributed by atoms with Crippen molar-refractivity contribution in [1.29, 1.82) is 0 Å². The molecule has 0 radical (unpaired) electrons. The highest BCUT2D eigenvalue weighted by atomic mass is 79.9. The van der Waals surface area contributed by atoms with E-state index in [0.29, 0.717) is 11.6 Å². The van der Waals surface area contributed by atoms with Crippen molar-refractivity contribution in [3.63, 3.8) is 0 Å². The highest BCUT2D eigenvalue weighted by Crippen LogP contribution is 2.33. The normalized spacial score (nSPS) is 10.9. The molecule has 0 bridgehead atoms. The number of fused-ring (bicyclic) bond motifs is 1. The number of hydrogen-bond acceptors (Lipinski definition) is 4. The van der Waals surface area contributed by atoms with E-state index in [2.05, 4.69) is 39.2 Å². The van der Waals surface area contributed by atoms with Crippen LogP contribution in [0.4, 0.5) is 5.69 Å². The second-order valence-corrected chi connectivity index (χ2v) is 6.80. The molecule has 0 aliphatic carbocycles. The van der Waals surface area contributed by atoms with E-state index in [0.717, 1.165) is 33.4 Å². The van der Waals surface area contributed by atoms with E-state index in [9.17, 15) is 0 Å². The smallest absolute Gasteiger partial charge is 0.219 e. The van der Waals surface area contributed by atoms with Crippen LogP contribution in [-0.2, 0) is 0 Å². The minimum Gasteiger partial charge on any atom is -0.491 e. The van der Waals surface area contributed by atoms with E-state index in [-0.39, 0.29) is 6.10 Å². The van der Waals surface area contributed by atoms with Crippen molar-refractivity contribution in [2.24, 2.45) is 0 Å². The van der Waals surface area contributed by atoms with Gasteiger partial charge >= 0.3 is 0 Å². The zero-order chi connectivity index (χ0) is 17.8. The topological polar surface area (TPSA) is 43.4 Å². The number of aromatic nitrogens is 1. The van der Waals surface area contributed by atoms with Crippen LogP contribution < -0.4 is 14.8 Å². The molecule has 1 aromatic heterocycles. The van der Waals surface area contributed by atoms with E-state index in [4.69, 9.17) is 9.47 Å². The fraction of sp³-hybridized carbons (Fsp3) is 0.250. The number of rotatable bonds is 6. The number of hydrogen-bond donors (Lipinski definition) is 1. The molecule has 5 heteroatoms. The van der Waals surface area contributed by atoms with Crippen LogP contribution in [0.25, 0.3) is 10.9 Å². The van der Waals surface area contributed by atoms with E-state index in [1.165, 1.54) is 0 Å². The standard InChI is InChI=1S/C20H21BrN2O2/c1-4-22-15-6-8-18-14(11-15)5-10-20(23-18)25-19-9-7-16(12-17(19)21)24-13(2)3/h5-13,22H,4H2,1-3H3. The van der Waals surface area contributed by atoms with Crippen molar-refractivity contribution in [2.75, 3.05) is 11.9 Å². The Morgan fingerprint density at radius 2 is 1.92 bits per heavy atom. The van der Waals surface area contributed by atoms with Gasteiger partial charge in [-0.25, -0.2) is 4.98 Å². The number of benzene rings is 2. The lowest BCUT2D eigenvalue weighted by Gasteiger charge is -2.12. The van der Waals surface area contributed by atoms with Crippen molar-refractivity contribution < 1.29 is 9.47 Å². The molecule has 0 saturated carbocycles. The van der Waals surface area contributed by atoms with Crippen LogP contribution in [-0.4, -0.2) is 17.6 Å². The van der Waals surface area contributed by atoms with Gasteiger partial charge in [-0.05, 0) is 79.2 Å². The Morgan fingerprint density at radius 3 is 2.64 bits per heavy atom. The maximum Gasteiger partial charge on any atom is 0.219 e. The monoisotopic (exact) mass is 400 g/mol. The highest BCUT2D eigenvalue weighted by molar-refractivity contribution is 9.10. The molecular weight excluding hydrogens is 380 g/mol. The van der Waals surface area contributed by atoms with Gasteiger partial charge in [0.15, 0.2) is 0 Å². The first kappa shape index (κ1) is 17.5. The molecule has 1 N–H and O–H groups in total. The van der Waals surface area contributed by atoms with Crippen LogP contribution in [0.1, 0.15) is 20.8 Å². The molecule has 0 aliphatic rings. The lowest BCUT2D eigenvalue weighted by molar-refractivity contribution is 0.242. The molecule has 130 valence electrons. The average Bonchev–Trinajstić information content (AvgIpc) is 2.57. The van der Waals surface area contributed by atoms with E-state index in [1.807, 2.05) is 56.3 Å². The third-order valence-electron chi connectivity index (χ3n) is 3.53. The molecule has 0 unspecified atom stereocenters. The van der Waals surface area contributed by atoms with Gasteiger partial charge in [0.25, 0.3) is 0 Å². The third-order valence-corrected chi connectivity index (χ3v) is 4.15. The van der Waals surface area contributed by atoms with Crippen LogP contribution in [0.3, 0.4) is 0 Å². The average molecular weight is 401 g/mol.